The van der Waals surface area contributed by atoms with Gasteiger partial charge in [0.2, 0.25) is 5.95 Å². The van der Waals surface area contributed by atoms with Gasteiger partial charge in [-0.3, -0.25) is 9.13 Å². The highest BCUT2D eigenvalue weighted by molar-refractivity contribution is 5.85. The van der Waals surface area contributed by atoms with E-state index in [0.29, 0.717) is 85.2 Å². The number of carbonyl (C=O) groups is 1. The molecule has 1 aromatic carbocycles. The molecule has 1 aliphatic rings. The van der Waals surface area contributed by atoms with E-state index in [4.69, 9.17) is 26.0 Å². The molecule has 0 bridgehead atoms. The Morgan fingerprint density at radius 3 is 2.79 bits per heavy atom. The number of imidazole rings is 2. The van der Waals surface area contributed by atoms with Crippen LogP contribution in [0.4, 0.5) is 16.3 Å². The predicted octanol–water partition coefficient (Wildman–Crippen LogP) is 3.69. The molecular weight excluding hydrogens is 502 g/mol. The summed E-state index contributed by atoms with van der Waals surface area (Å²) in [4.78, 5) is 45.5. The van der Waals surface area contributed by atoms with Crippen molar-refractivity contribution in [1.82, 2.24) is 34.4 Å². The summed E-state index contributed by atoms with van der Waals surface area (Å²) in [6.07, 6.45) is 3.13. The lowest BCUT2D eigenvalue weighted by Crippen LogP contribution is -2.33. The van der Waals surface area contributed by atoms with Gasteiger partial charge in [-0.2, -0.15) is 9.97 Å². The molecule has 3 aromatic heterocycles. The van der Waals surface area contributed by atoms with E-state index in [-0.39, 0.29) is 11.7 Å². The fourth-order valence-electron chi connectivity index (χ4n) is 4.53. The minimum Gasteiger partial charge on any atom is -0.444 e. The number of hydrogen-bond donors (Lipinski definition) is 3. The van der Waals surface area contributed by atoms with Crippen LogP contribution >= 0.6 is 0 Å². The molecule has 1 saturated heterocycles. The van der Waals surface area contributed by atoms with E-state index in [9.17, 15) is 9.59 Å². The molecule has 0 aliphatic carbocycles. The second kappa shape index (κ2) is 10.7. The van der Waals surface area contributed by atoms with Gasteiger partial charge >= 0.3 is 11.8 Å². The van der Waals surface area contributed by atoms with E-state index >= 15 is 0 Å². The second-order valence-corrected chi connectivity index (χ2v) is 10.3. The van der Waals surface area contributed by atoms with Gasteiger partial charge in [0.25, 0.3) is 0 Å². The SMILES string of the molecule is [C-]#[N+]c1ccc2ncn(-c3nc(NCCCNC(=O)OC(C)(C)C)c4[nH]c(=O)n(C5CCOCC5)c4n3)c2c1. The normalized spacial score (nSPS) is 14.4. The molecule has 0 radical (unpaired) electrons. The van der Waals surface area contributed by atoms with E-state index < -0.39 is 11.7 Å². The number of benzene rings is 1. The Labute approximate surface area is 224 Å². The molecule has 39 heavy (non-hydrogen) atoms. The average molecular weight is 534 g/mol. The lowest BCUT2D eigenvalue weighted by Gasteiger charge is -2.23. The van der Waals surface area contributed by atoms with E-state index in [1.165, 1.54) is 0 Å². The first kappa shape index (κ1) is 26.2. The maximum atomic E-state index is 13.1. The highest BCUT2D eigenvalue weighted by Gasteiger charge is 2.24. The molecule has 0 saturated carbocycles. The molecule has 204 valence electrons. The van der Waals surface area contributed by atoms with Crippen molar-refractivity contribution in [3.63, 3.8) is 0 Å². The molecule has 1 amide bonds. The number of anilines is 1. The first-order chi connectivity index (χ1) is 18.7. The summed E-state index contributed by atoms with van der Waals surface area (Å²) in [5.41, 5.74) is 2.01. The van der Waals surface area contributed by atoms with Crippen molar-refractivity contribution >= 4 is 39.8 Å². The number of carbonyl (C=O) groups excluding carboxylic acids is 1. The summed E-state index contributed by atoms with van der Waals surface area (Å²) in [6.45, 7) is 14.8. The molecule has 1 aliphatic heterocycles. The van der Waals surface area contributed by atoms with Gasteiger partial charge < -0.3 is 25.1 Å². The quantitative estimate of drug-likeness (QED) is 0.241. The number of rotatable bonds is 7. The van der Waals surface area contributed by atoms with Crippen molar-refractivity contribution in [2.75, 3.05) is 31.6 Å². The van der Waals surface area contributed by atoms with Gasteiger partial charge in [0.05, 0.1) is 17.6 Å². The van der Waals surface area contributed by atoms with Crippen LogP contribution in [0.3, 0.4) is 0 Å². The molecular formula is C26H31N9O4. The number of aromatic amines is 1. The van der Waals surface area contributed by atoms with Crippen molar-refractivity contribution < 1.29 is 14.3 Å². The van der Waals surface area contributed by atoms with E-state index in [0.717, 1.165) is 0 Å². The van der Waals surface area contributed by atoms with Gasteiger partial charge in [-0.05, 0) is 52.2 Å². The Morgan fingerprint density at radius 2 is 2.05 bits per heavy atom. The van der Waals surface area contributed by atoms with E-state index in [2.05, 4.69) is 25.4 Å². The van der Waals surface area contributed by atoms with E-state index in [1.807, 2.05) is 20.8 Å². The van der Waals surface area contributed by atoms with Gasteiger partial charge in [-0.15, -0.1) is 0 Å². The molecule has 1 fully saturated rings. The molecule has 13 heteroatoms. The van der Waals surface area contributed by atoms with Crippen molar-refractivity contribution in [2.24, 2.45) is 0 Å². The number of amides is 1. The van der Waals surface area contributed by atoms with Gasteiger partial charge in [-0.25, -0.2) is 19.4 Å². The van der Waals surface area contributed by atoms with E-state index in [1.54, 1.807) is 33.7 Å². The Balaban J connectivity index is 1.47. The van der Waals surface area contributed by atoms with Crippen LogP contribution in [-0.2, 0) is 9.47 Å². The van der Waals surface area contributed by atoms with Crippen LogP contribution in [-0.4, -0.2) is 67.1 Å². The average Bonchev–Trinajstić information content (AvgIpc) is 3.47. The van der Waals surface area contributed by atoms with Crippen molar-refractivity contribution in [3.05, 3.63) is 46.4 Å². The van der Waals surface area contributed by atoms with Crippen molar-refractivity contribution in [2.45, 2.75) is 51.7 Å². The van der Waals surface area contributed by atoms with Gasteiger partial charge in [0.1, 0.15) is 17.4 Å². The van der Waals surface area contributed by atoms with Gasteiger partial charge in [0, 0.05) is 32.3 Å². The lowest BCUT2D eigenvalue weighted by molar-refractivity contribution is 0.0527. The van der Waals surface area contributed by atoms with Crippen LogP contribution < -0.4 is 16.3 Å². The second-order valence-electron chi connectivity index (χ2n) is 10.3. The smallest absolute Gasteiger partial charge is 0.407 e. The summed E-state index contributed by atoms with van der Waals surface area (Å²) >= 11 is 0. The maximum Gasteiger partial charge on any atom is 0.407 e. The Morgan fingerprint density at radius 1 is 1.26 bits per heavy atom. The number of fused-ring (bicyclic) bond motifs is 2. The number of H-pyrrole nitrogens is 1. The van der Waals surface area contributed by atoms with Crippen molar-refractivity contribution in [1.29, 1.82) is 0 Å². The largest absolute Gasteiger partial charge is 0.444 e. The molecule has 0 unspecified atom stereocenters. The number of nitrogens with zero attached hydrogens (tertiary/aromatic N) is 6. The van der Waals surface area contributed by atoms with Crippen LogP contribution in [0.1, 0.15) is 46.1 Å². The number of ether oxygens (including phenoxy) is 2. The maximum absolute atomic E-state index is 13.1. The van der Waals surface area contributed by atoms with Crippen molar-refractivity contribution in [3.8, 4) is 5.95 Å². The molecule has 13 nitrogen and oxygen atoms in total. The van der Waals surface area contributed by atoms with Gasteiger partial charge in [0.15, 0.2) is 17.2 Å². The minimum absolute atomic E-state index is 0.0538. The molecule has 3 N–H and O–H groups in total. The number of hydrogen-bond acceptors (Lipinski definition) is 8. The third kappa shape index (κ3) is 5.70. The summed E-state index contributed by atoms with van der Waals surface area (Å²) < 4.78 is 14.2. The van der Waals surface area contributed by atoms with Crippen LogP contribution in [0.2, 0.25) is 0 Å². The fourth-order valence-corrected chi connectivity index (χ4v) is 4.53. The highest BCUT2D eigenvalue weighted by Crippen LogP contribution is 2.28. The third-order valence-electron chi connectivity index (χ3n) is 6.30. The standard InChI is InChI=1S/C26H31N9O4/c1-26(2,3)39-25(37)29-11-5-10-28-21-20-22(35(24(36)31-20)17-8-12-38-13-9-17)33-23(32-21)34-15-30-18-7-6-16(27-4)14-19(18)34/h6-7,14-15,17H,5,8-13H2,1-3H3,(H,29,37)(H,31,36)(H,28,32,33). The van der Waals surface area contributed by atoms with Gasteiger partial charge in [-0.1, -0.05) is 6.07 Å². The number of aromatic nitrogens is 6. The predicted molar refractivity (Wildman–Crippen MR) is 145 cm³/mol. The molecule has 0 spiro atoms. The molecule has 4 aromatic rings. The molecule has 5 rings (SSSR count). The van der Waals surface area contributed by atoms with Crippen LogP contribution in [0.5, 0.6) is 0 Å². The number of nitrogens with one attached hydrogen (secondary N) is 3. The number of alkyl carbamates (subject to hydrolysis) is 1. The first-order valence-electron chi connectivity index (χ1n) is 12.9. The molecule has 0 atom stereocenters. The fraction of sp³-hybridized carbons (Fsp3) is 0.462. The topological polar surface area (TPSA) is 145 Å². The summed E-state index contributed by atoms with van der Waals surface area (Å²) in [7, 11) is 0. The van der Waals surface area contributed by atoms with Crippen LogP contribution in [0, 0.1) is 6.57 Å². The zero-order valence-corrected chi connectivity index (χ0v) is 22.2. The summed E-state index contributed by atoms with van der Waals surface area (Å²) in [6, 6.07) is 5.18. The zero-order valence-electron chi connectivity index (χ0n) is 22.2. The third-order valence-corrected chi connectivity index (χ3v) is 6.30. The minimum atomic E-state index is -0.568. The Hall–Kier alpha value is -4.44. The summed E-state index contributed by atoms with van der Waals surface area (Å²) in [5.74, 6) is 0.777. The highest BCUT2D eigenvalue weighted by atomic mass is 16.6. The Bertz CT molecular complexity index is 1600. The van der Waals surface area contributed by atoms with Crippen LogP contribution in [0.15, 0.2) is 29.3 Å². The first-order valence-corrected chi connectivity index (χ1v) is 12.9. The summed E-state index contributed by atoms with van der Waals surface area (Å²) in [5, 5.41) is 6.03. The Kier molecular flexibility index (Phi) is 7.21. The monoisotopic (exact) mass is 533 g/mol. The van der Waals surface area contributed by atoms with Crippen LogP contribution in [0.25, 0.3) is 33.0 Å². The molecule has 4 heterocycles. The zero-order chi connectivity index (χ0) is 27.6. The lowest BCUT2D eigenvalue weighted by atomic mass is 10.1.